The summed E-state index contributed by atoms with van der Waals surface area (Å²) in [5.74, 6) is 1.24. The number of fused-ring (bicyclic) bond motifs is 2. The summed E-state index contributed by atoms with van der Waals surface area (Å²) in [6, 6.07) is 6.11. The fourth-order valence-corrected chi connectivity index (χ4v) is 2.72. The van der Waals surface area contributed by atoms with Gasteiger partial charge >= 0.3 is 0 Å². The van der Waals surface area contributed by atoms with Gasteiger partial charge < -0.3 is 10.1 Å². The van der Waals surface area contributed by atoms with Crippen molar-refractivity contribution in [2.75, 3.05) is 13.7 Å². The molecule has 1 aromatic rings. The lowest BCUT2D eigenvalue weighted by molar-refractivity contribution is -0.117. The molecule has 0 atom stereocenters. The lowest BCUT2D eigenvalue weighted by Crippen LogP contribution is -2.30. The van der Waals surface area contributed by atoms with Gasteiger partial charge in [0.05, 0.1) is 13.7 Å². The Bertz CT molecular complexity index is 517. The average molecular weight is 229 g/mol. The van der Waals surface area contributed by atoms with Gasteiger partial charge in [0, 0.05) is 23.2 Å². The molecule has 2 aliphatic rings. The van der Waals surface area contributed by atoms with E-state index in [9.17, 15) is 4.79 Å². The third kappa shape index (κ3) is 1.62. The number of ether oxygens (including phenoxy) is 1. The summed E-state index contributed by atoms with van der Waals surface area (Å²) in [7, 11) is 1.71. The van der Waals surface area contributed by atoms with Gasteiger partial charge in [-0.2, -0.15) is 0 Å². The molecule has 0 unspecified atom stereocenters. The Morgan fingerprint density at radius 2 is 2.18 bits per heavy atom. The Kier molecular flexibility index (Phi) is 2.39. The number of carbonyl (C=O) groups is 1. The summed E-state index contributed by atoms with van der Waals surface area (Å²) < 4.78 is 5.40. The first-order chi connectivity index (χ1) is 8.29. The van der Waals surface area contributed by atoms with Crippen molar-refractivity contribution >= 4 is 11.5 Å². The van der Waals surface area contributed by atoms with Crippen LogP contribution in [0.3, 0.4) is 0 Å². The van der Waals surface area contributed by atoms with E-state index in [0.29, 0.717) is 13.0 Å². The van der Waals surface area contributed by atoms with Crippen molar-refractivity contribution in [3.63, 3.8) is 0 Å². The Morgan fingerprint density at radius 1 is 1.29 bits per heavy atom. The fourth-order valence-electron chi connectivity index (χ4n) is 2.72. The standard InChI is InChI=1S/C14H15NO2/c1-17-13-4-2-3-12-11(13)6-5-9-7-10(16)8-15-14(9)12/h2-4,15H,5-8H2,1H3. The molecule has 3 nitrogen and oxygen atoms in total. The minimum absolute atomic E-state index is 0.287. The Hall–Kier alpha value is -1.77. The Labute approximate surface area is 100 Å². The quantitative estimate of drug-likeness (QED) is 0.799. The van der Waals surface area contributed by atoms with Gasteiger partial charge in [0.2, 0.25) is 0 Å². The van der Waals surface area contributed by atoms with Crippen LogP contribution in [0.25, 0.3) is 5.70 Å². The molecule has 88 valence electrons. The zero-order valence-corrected chi connectivity index (χ0v) is 9.88. The van der Waals surface area contributed by atoms with Crippen LogP contribution in [0.1, 0.15) is 24.0 Å². The van der Waals surface area contributed by atoms with E-state index in [-0.39, 0.29) is 5.78 Å². The molecule has 1 heterocycles. The number of rotatable bonds is 1. The molecule has 1 aliphatic carbocycles. The molecule has 0 spiro atoms. The van der Waals surface area contributed by atoms with Gasteiger partial charge in [-0.25, -0.2) is 0 Å². The molecule has 0 fully saturated rings. The first kappa shape index (κ1) is 10.4. The van der Waals surface area contributed by atoms with E-state index in [1.54, 1.807) is 7.11 Å². The molecule has 0 aromatic heterocycles. The maximum Gasteiger partial charge on any atom is 0.155 e. The first-order valence-electron chi connectivity index (χ1n) is 5.93. The number of hydrogen-bond donors (Lipinski definition) is 1. The molecule has 1 aromatic carbocycles. The largest absolute Gasteiger partial charge is 0.496 e. The second-order valence-corrected chi connectivity index (χ2v) is 4.53. The number of benzene rings is 1. The molecule has 17 heavy (non-hydrogen) atoms. The van der Waals surface area contributed by atoms with E-state index in [2.05, 4.69) is 11.4 Å². The normalized spacial score (nSPS) is 18.3. The smallest absolute Gasteiger partial charge is 0.155 e. The second kappa shape index (κ2) is 3.91. The average Bonchev–Trinajstić information content (AvgIpc) is 2.37. The molecule has 0 saturated heterocycles. The van der Waals surface area contributed by atoms with E-state index in [0.717, 1.165) is 24.3 Å². The molecule has 0 saturated carbocycles. The van der Waals surface area contributed by atoms with Crippen LogP contribution in [0.4, 0.5) is 0 Å². The van der Waals surface area contributed by atoms with Crippen LogP contribution in [0.2, 0.25) is 0 Å². The number of carbonyl (C=O) groups excluding carboxylic acids is 1. The highest BCUT2D eigenvalue weighted by Crippen LogP contribution is 2.37. The van der Waals surface area contributed by atoms with Crippen LogP contribution >= 0.6 is 0 Å². The number of nitrogens with one attached hydrogen (secondary N) is 1. The van der Waals surface area contributed by atoms with Gasteiger partial charge in [0.1, 0.15) is 5.75 Å². The molecule has 1 N–H and O–H groups in total. The van der Waals surface area contributed by atoms with E-state index >= 15 is 0 Å². The number of allylic oxidation sites excluding steroid dienone is 1. The van der Waals surface area contributed by atoms with Crippen molar-refractivity contribution in [1.82, 2.24) is 5.32 Å². The number of methoxy groups -OCH3 is 1. The maximum absolute atomic E-state index is 11.4. The van der Waals surface area contributed by atoms with E-state index in [4.69, 9.17) is 4.74 Å². The van der Waals surface area contributed by atoms with Gasteiger partial charge in [0.15, 0.2) is 5.78 Å². The summed E-state index contributed by atoms with van der Waals surface area (Å²) in [6.07, 6.45) is 2.54. The summed E-state index contributed by atoms with van der Waals surface area (Å²) in [6.45, 7) is 0.454. The van der Waals surface area contributed by atoms with Crippen molar-refractivity contribution in [1.29, 1.82) is 0 Å². The predicted molar refractivity (Wildman–Crippen MR) is 65.9 cm³/mol. The highest BCUT2D eigenvalue weighted by atomic mass is 16.5. The minimum Gasteiger partial charge on any atom is -0.496 e. The molecular formula is C14H15NO2. The molecule has 0 amide bonds. The lowest BCUT2D eigenvalue weighted by Gasteiger charge is -2.28. The van der Waals surface area contributed by atoms with E-state index in [1.807, 2.05) is 12.1 Å². The third-order valence-electron chi connectivity index (χ3n) is 3.53. The number of Topliss-reactive ketones (excluding diaryl/α,β-unsaturated/α-hetero) is 1. The van der Waals surface area contributed by atoms with Crippen molar-refractivity contribution in [2.45, 2.75) is 19.3 Å². The zero-order chi connectivity index (χ0) is 11.8. The summed E-state index contributed by atoms with van der Waals surface area (Å²) >= 11 is 0. The predicted octanol–water partition coefficient (Wildman–Crippen LogP) is 1.91. The molecular weight excluding hydrogens is 214 g/mol. The van der Waals surface area contributed by atoms with Gasteiger partial charge in [0.25, 0.3) is 0 Å². The van der Waals surface area contributed by atoms with Crippen LogP contribution in [0.5, 0.6) is 5.75 Å². The van der Waals surface area contributed by atoms with Gasteiger partial charge in [-0.05, 0) is 24.5 Å². The van der Waals surface area contributed by atoms with Gasteiger partial charge in [-0.3, -0.25) is 4.79 Å². The van der Waals surface area contributed by atoms with Gasteiger partial charge in [-0.15, -0.1) is 0 Å². The summed E-state index contributed by atoms with van der Waals surface area (Å²) in [4.78, 5) is 11.4. The third-order valence-corrected chi connectivity index (χ3v) is 3.53. The number of hydrogen-bond acceptors (Lipinski definition) is 3. The Morgan fingerprint density at radius 3 is 3.00 bits per heavy atom. The first-order valence-corrected chi connectivity index (χ1v) is 5.93. The van der Waals surface area contributed by atoms with E-state index in [1.165, 1.54) is 16.7 Å². The summed E-state index contributed by atoms with van der Waals surface area (Å²) in [5, 5.41) is 3.25. The van der Waals surface area contributed by atoms with E-state index < -0.39 is 0 Å². The minimum atomic E-state index is 0.287. The monoisotopic (exact) mass is 229 g/mol. The Balaban J connectivity index is 2.12. The molecule has 0 radical (unpaired) electrons. The highest BCUT2D eigenvalue weighted by Gasteiger charge is 2.25. The van der Waals surface area contributed by atoms with Crippen molar-refractivity contribution in [2.24, 2.45) is 0 Å². The topological polar surface area (TPSA) is 38.3 Å². The highest BCUT2D eigenvalue weighted by molar-refractivity contribution is 5.91. The molecule has 3 heteroatoms. The van der Waals surface area contributed by atoms with Crippen molar-refractivity contribution in [3.05, 3.63) is 34.9 Å². The molecule has 3 rings (SSSR count). The maximum atomic E-state index is 11.4. The molecule has 1 aliphatic heterocycles. The second-order valence-electron chi connectivity index (χ2n) is 4.53. The van der Waals surface area contributed by atoms with Gasteiger partial charge in [-0.1, -0.05) is 12.1 Å². The van der Waals surface area contributed by atoms with Crippen molar-refractivity contribution in [3.8, 4) is 5.75 Å². The molecule has 0 bridgehead atoms. The van der Waals surface area contributed by atoms with Crippen molar-refractivity contribution < 1.29 is 9.53 Å². The van der Waals surface area contributed by atoms with Crippen LogP contribution in [0, 0.1) is 0 Å². The number of ketones is 1. The van der Waals surface area contributed by atoms with Crippen LogP contribution in [-0.4, -0.2) is 19.4 Å². The van der Waals surface area contributed by atoms with Crippen LogP contribution in [0.15, 0.2) is 23.8 Å². The van der Waals surface area contributed by atoms with Crippen LogP contribution in [-0.2, 0) is 11.2 Å². The SMILES string of the molecule is COc1cccc2c1CCC1=C2NCC(=O)C1. The van der Waals surface area contributed by atoms with Crippen LogP contribution < -0.4 is 10.1 Å². The zero-order valence-electron chi connectivity index (χ0n) is 9.88. The lowest BCUT2D eigenvalue weighted by atomic mass is 9.85. The summed E-state index contributed by atoms with van der Waals surface area (Å²) in [5.41, 5.74) is 4.88. The fraction of sp³-hybridized carbons (Fsp3) is 0.357.